The van der Waals surface area contributed by atoms with E-state index < -0.39 is 0 Å². The first-order valence-corrected chi connectivity index (χ1v) is 20.6. The molecule has 4 heteroatoms. The molecule has 0 fully saturated rings. The van der Waals surface area contributed by atoms with E-state index in [9.17, 15) is 0 Å². The van der Waals surface area contributed by atoms with Gasteiger partial charge in [-0.3, -0.25) is 0 Å². The normalized spacial score (nSPS) is 11.6. The van der Waals surface area contributed by atoms with Gasteiger partial charge in [0.25, 0.3) is 0 Å². The van der Waals surface area contributed by atoms with Crippen molar-refractivity contribution in [1.29, 1.82) is 0 Å². The fourth-order valence-electron chi connectivity index (χ4n) is 8.83. The van der Waals surface area contributed by atoms with Crippen molar-refractivity contribution in [2.45, 2.75) is 0 Å². The third-order valence-corrected chi connectivity index (χ3v) is 11.9. The van der Waals surface area contributed by atoms with Crippen molar-refractivity contribution >= 4 is 54.3 Å². The molecule has 0 N–H and O–H groups in total. The summed E-state index contributed by atoms with van der Waals surface area (Å²) >= 11 is 0. The van der Waals surface area contributed by atoms with Crippen molar-refractivity contribution in [3.05, 3.63) is 212 Å². The van der Waals surface area contributed by atoms with Gasteiger partial charge in [0.15, 0.2) is 17.5 Å². The molecule has 12 rings (SSSR count). The number of fused-ring (bicyclic) bond motifs is 9. The number of rotatable bonds is 6. The highest BCUT2D eigenvalue weighted by molar-refractivity contribution is 6.25. The Morgan fingerprint density at radius 3 is 1.00 bits per heavy atom. The van der Waals surface area contributed by atoms with E-state index in [-0.39, 0.29) is 0 Å². The van der Waals surface area contributed by atoms with Crippen LogP contribution in [0, 0.1) is 0 Å². The summed E-state index contributed by atoms with van der Waals surface area (Å²) in [4.78, 5) is 14.7. The Balaban J connectivity index is 0.830. The molecule has 0 unspecified atom stereocenters. The van der Waals surface area contributed by atoms with Crippen molar-refractivity contribution in [3.63, 3.8) is 0 Å². The number of aromatic nitrogens is 3. The Morgan fingerprint density at radius 2 is 0.525 bits per heavy atom. The van der Waals surface area contributed by atoms with Gasteiger partial charge in [-0.25, -0.2) is 15.0 Å². The Bertz CT molecular complexity index is 3520. The molecule has 0 atom stereocenters. The Labute approximate surface area is 352 Å². The van der Waals surface area contributed by atoms with E-state index in [1.807, 2.05) is 66.7 Å². The Morgan fingerprint density at radius 1 is 0.213 bits per heavy atom. The quantitative estimate of drug-likeness (QED) is 0.158. The molecular formula is C57H35N3O. The van der Waals surface area contributed by atoms with E-state index in [4.69, 9.17) is 19.4 Å². The summed E-state index contributed by atoms with van der Waals surface area (Å²) in [7, 11) is 0. The standard InChI is InChI=1S/C57H35N3O/c1-3-11-40(12-4-1)55-58-56(41-13-5-2-6-14-41)60-57(59-55)44-29-32-51-50-31-28-43(34-53(50)61-54(51)35-44)39-25-21-37(22-26-39)36-19-23-38(24-20-36)42-27-30-49-47-17-8-7-15-45(47)46-16-9-10-18-48(46)52(49)33-42/h1-35H. The van der Waals surface area contributed by atoms with Gasteiger partial charge < -0.3 is 4.42 Å². The van der Waals surface area contributed by atoms with Crippen molar-refractivity contribution in [2.75, 3.05) is 0 Å². The van der Waals surface area contributed by atoms with Crippen LogP contribution in [0.1, 0.15) is 0 Å². The van der Waals surface area contributed by atoms with Gasteiger partial charge in [-0.2, -0.15) is 0 Å². The summed E-state index contributed by atoms with van der Waals surface area (Å²) in [5.74, 6) is 1.86. The van der Waals surface area contributed by atoms with Crippen molar-refractivity contribution in [2.24, 2.45) is 0 Å². The molecule has 4 nitrogen and oxygen atoms in total. The summed E-state index contributed by atoms with van der Waals surface area (Å²) in [5, 5.41) is 9.86. The van der Waals surface area contributed by atoms with Gasteiger partial charge in [0.05, 0.1) is 0 Å². The molecule has 0 amide bonds. The molecule has 0 aliphatic carbocycles. The van der Waals surface area contributed by atoms with Crippen LogP contribution in [0.25, 0.3) is 122 Å². The summed E-state index contributed by atoms with van der Waals surface area (Å²) in [6, 6.07) is 74.8. The van der Waals surface area contributed by atoms with E-state index in [0.29, 0.717) is 17.5 Å². The molecule has 2 aromatic heterocycles. The number of hydrogen-bond donors (Lipinski definition) is 0. The summed E-state index contributed by atoms with van der Waals surface area (Å²) < 4.78 is 6.54. The van der Waals surface area contributed by atoms with E-state index in [2.05, 4.69) is 146 Å². The fourth-order valence-corrected chi connectivity index (χ4v) is 8.83. The Hall–Kier alpha value is -8.21. The molecule has 284 valence electrons. The molecule has 0 bridgehead atoms. The predicted octanol–water partition coefficient (Wildman–Crippen LogP) is 15.2. The summed E-state index contributed by atoms with van der Waals surface area (Å²) in [6.07, 6.45) is 0. The SMILES string of the molecule is c1ccc(-c2nc(-c3ccccc3)nc(-c3ccc4c(c3)oc3cc(-c5ccc(-c6ccc(-c7ccc8c9ccccc9c9ccccc9c8c7)cc6)cc5)ccc34)n2)cc1. The van der Waals surface area contributed by atoms with Crippen molar-refractivity contribution in [3.8, 4) is 67.5 Å². The maximum Gasteiger partial charge on any atom is 0.164 e. The molecule has 0 aliphatic rings. The first kappa shape index (κ1) is 34.8. The number of furan rings is 1. The van der Waals surface area contributed by atoms with Gasteiger partial charge in [0.2, 0.25) is 0 Å². The van der Waals surface area contributed by atoms with E-state index >= 15 is 0 Å². The molecule has 0 radical (unpaired) electrons. The van der Waals surface area contributed by atoms with E-state index in [1.54, 1.807) is 0 Å². The van der Waals surface area contributed by atoms with Crippen LogP contribution in [-0.2, 0) is 0 Å². The van der Waals surface area contributed by atoms with Crippen LogP contribution in [-0.4, -0.2) is 15.0 Å². The van der Waals surface area contributed by atoms with Crippen LogP contribution in [0.3, 0.4) is 0 Å². The second-order valence-corrected chi connectivity index (χ2v) is 15.6. The molecular weight excluding hydrogens is 743 g/mol. The average molecular weight is 778 g/mol. The van der Waals surface area contributed by atoms with Crippen LogP contribution >= 0.6 is 0 Å². The Kier molecular flexibility index (Phi) is 8.13. The third-order valence-electron chi connectivity index (χ3n) is 11.9. The van der Waals surface area contributed by atoms with Crippen LogP contribution in [0.2, 0.25) is 0 Å². The predicted molar refractivity (Wildman–Crippen MR) is 252 cm³/mol. The molecule has 0 saturated heterocycles. The van der Waals surface area contributed by atoms with Gasteiger partial charge in [-0.05, 0) is 96.0 Å². The lowest BCUT2D eigenvalue weighted by molar-refractivity contribution is 0.669. The zero-order chi connectivity index (χ0) is 40.3. The fraction of sp³-hybridized carbons (Fsp3) is 0. The average Bonchev–Trinajstić information content (AvgIpc) is 3.72. The van der Waals surface area contributed by atoms with Gasteiger partial charge in [-0.1, -0.05) is 182 Å². The molecule has 0 aliphatic heterocycles. The first-order valence-electron chi connectivity index (χ1n) is 20.6. The molecule has 10 aromatic carbocycles. The molecule has 2 heterocycles. The lowest BCUT2D eigenvalue weighted by Crippen LogP contribution is -2.00. The molecule has 0 spiro atoms. The van der Waals surface area contributed by atoms with Crippen molar-refractivity contribution < 1.29 is 4.42 Å². The van der Waals surface area contributed by atoms with Gasteiger partial charge in [0, 0.05) is 27.5 Å². The minimum atomic E-state index is 0.599. The lowest BCUT2D eigenvalue weighted by atomic mass is 9.91. The molecule has 61 heavy (non-hydrogen) atoms. The second kappa shape index (κ2) is 14.3. The number of benzene rings is 10. The maximum absolute atomic E-state index is 6.54. The minimum absolute atomic E-state index is 0.599. The lowest BCUT2D eigenvalue weighted by Gasteiger charge is -2.12. The minimum Gasteiger partial charge on any atom is -0.456 e. The molecule has 12 aromatic rings. The van der Waals surface area contributed by atoms with E-state index in [1.165, 1.54) is 54.6 Å². The van der Waals surface area contributed by atoms with Crippen LogP contribution in [0.15, 0.2) is 217 Å². The largest absolute Gasteiger partial charge is 0.456 e. The summed E-state index contributed by atoms with van der Waals surface area (Å²) in [6.45, 7) is 0. The van der Waals surface area contributed by atoms with Crippen molar-refractivity contribution in [1.82, 2.24) is 15.0 Å². The van der Waals surface area contributed by atoms with Gasteiger partial charge in [-0.15, -0.1) is 0 Å². The summed E-state index contributed by atoms with van der Waals surface area (Å²) in [5.41, 5.74) is 11.4. The zero-order valence-corrected chi connectivity index (χ0v) is 33.0. The highest BCUT2D eigenvalue weighted by Crippen LogP contribution is 2.39. The highest BCUT2D eigenvalue weighted by atomic mass is 16.3. The molecule has 0 saturated carbocycles. The van der Waals surface area contributed by atoms with Crippen LogP contribution in [0.5, 0.6) is 0 Å². The van der Waals surface area contributed by atoms with Crippen LogP contribution in [0.4, 0.5) is 0 Å². The first-order chi connectivity index (χ1) is 30.2. The monoisotopic (exact) mass is 777 g/mol. The zero-order valence-electron chi connectivity index (χ0n) is 33.0. The third kappa shape index (κ3) is 6.12. The second-order valence-electron chi connectivity index (χ2n) is 15.6. The van der Waals surface area contributed by atoms with Gasteiger partial charge in [0.1, 0.15) is 11.2 Å². The highest BCUT2D eigenvalue weighted by Gasteiger charge is 2.16. The maximum atomic E-state index is 6.54. The smallest absolute Gasteiger partial charge is 0.164 e. The number of hydrogen-bond acceptors (Lipinski definition) is 4. The van der Waals surface area contributed by atoms with Crippen LogP contribution < -0.4 is 0 Å². The van der Waals surface area contributed by atoms with Gasteiger partial charge >= 0.3 is 0 Å². The topological polar surface area (TPSA) is 51.8 Å². The van der Waals surface area contributed by atoms with E-state index in [0.717, 1.165) is 49.8 Å². The number of nitrogens with zero attached hydrogens (tertiary/aromatic N) is 3.